The fourth-order valence-electron chi connectivity index (χ4n) is 2.51. The van der Waals surface area contributed by atoms with Gasteiger partial charge in [0.25, 0.3) is 0 Å². The second-order valence-corrected chi connectivity index (χ2v) is 5.88. The minimum atomic E-state index is -0.144. The van der Waals surface area contributed by atoms with E-state index in [4.69, 9.17) is 0 Å². The summed E-state index contributed by atoms with van der Waals surface area (Å²) >= 11 is 0. The minimum absolute atomic E-state index is 0.0299. The first kappa shape index (κ1) is 16.0. The number of carbonyl (C=O) groups is 2. The fraction of sp³-hybridized carbons (Fsp3) is 0.857. The molecule has 3 atom stereocenters. The zero-order chi connectivity index (χ0) is 14.4. The van der Waals surface area contributed by atoms with Crippen molar-refractivity contribution in [1.29, 1.82) is 0 Å². The number of amides is 2. The van der Waals surface area contributed by atoms with E-state index in [0.717, 1.165) is 19.4 Å². The molecule has 1 heterocycles. The van der Waals surface area contributed by atoms with E-state index in [1.165, 1.54) is 0 Å². The summed E-state index contributed by atoms with van der Waals surface area (Å²) in [5.41, 5.74) is 0. The number of hydrogen-bond donors (Lipinski definition) is 3. The molecule has 1 aliphatic heterocycles. The molecule has 2 amide bonds. The smallest absolute Gasteiger partial charge is 0.237 e. The highest BCUT2D eigenvalue weighted by Gasteiger charge is 2.30. The first-order valence-electron chi connectivity index (χ1n) is 7.18. The van der Waals surface area contributed by atoms with Crippen LogP contribution in [-0.2, 0) is 9.59 Å². The molecule has 1 fully saturated rings. The summed E-state index contributed by atoms with van der Waals surface area (Å²) in [6.45, 7) is 7.59. The zero-order valence-corrected chi connectivity index (χ0v) is 12.5. The topological polar surface area (TPSA) is 70.2 Å². The Bertz CT molecular complexity index is 318. The van der Waals surface area contributed by atoms with Crippen molar-refractivity contribution in [3.63, 3.8) is 0 Å². The quantitative estimate of drug-likeness (QED) is 0.630. The average Bonchev–Trinajstić information content (AvgIpc) is 2.67. The van der Waals surface area contributed by atoms with Crippen LogP contribution in [0.5, 0.6) is 0 Å². The van der Waals surface area contributed by atoms with Crippen LogP contribution in [0, 0.1) is 17.8 Å². The molecule has 5 nitrogen and oxygen atoms in total. The molecule has 1 rings (SSSR count). The summed E-state index contributed by atoms with van der Waals surface area (Å²) in [7, 11) is 1.80. The van der Waals surface area contributed by atoms with Crippen LogP contribution in [0.1, 0.15) is 33.6 Å². The van der Waals surface area contributed by atoms with Crippen molar-refractivity contribution in [1.82, 2.24) is 16.0 Å². The van der Waals surface area contributed by atoms with Gasteiger partial charge < -0.3 is 16.0 Å². The van der Waals surface area contributed by atoms with Crippen LogP contribution in [0.15, 0.2) is 0 Å². The Kier molecular flexibility index (Phi) is 6.28. The molecule has 5 heteroatoms. The van der Waals surface area contributed by atoms with Crippen molar-refractivity contribution in [2.24, 2.45) is 17.8 Å². The van der Waals surface area contributed by atoms with Gasteiger partial charge in [0.05, 0.1) is 6.04 Å². The summed E-state index contributed by atoms with van der Waals surface area (Å²) in [5, 5.41) is 8.82. The van der Waals surface area contributed by atoms with Crippen LogP contribution in [0.2, 0.25) is 0 Å². The van der Waals surface area contributed by atoms with Gasteiger partial charge >= 0.3 is 0 Å². The Balaban J connectivity index is 2.31. The van der Waals surface area contributed by atoms with Gasteiger partial charge in [-0.2, -0.15) is 0 Å². The lowest BCUT2D eigenvalue weighted by atomic mass is 9.94. The van der Waals surface area contributed by atoms with Crippen molar-refractivity contribution in [3.05, 3.63) is 0 Å². The molecule has 3 N–H and O–H groups in total. The van der Waals surface area contributed by atoms with Crippen molar-refractivity contribution in [2.75, 3.05) is 20.1 Å². The van der Waals surface area contributed by atoms with Gasteiger partial charge in [-0.25, -0.2) is 0 Å². The van der Waals surface area contributed by atoms with Gasteiger partial charge in [0, 0.05) is 19.0 Å². The second kappa shape index (κ2) is 7.48. The molecule has 1 saturated heterocycles. The Labute approximate surface area is 115 Å². The Hall–Kier alpha value is -1.10. The van der Waals surface area contributed by atoms with Gasteiger partial charge in [-0.05, 0) is 31.7 Å². The third-order valence-electron chi connectivity index (χ3n) is 3.75. The molecule has 0 saturated carbocycles. The summed E-state index contributed by atoms with van der Waals surface area (Å²) in [6, 6.07) is -0.144. The Morgan fingerprint density at radius 3 is 2.63 bits per heavy atom. The standard InChI is InChI=1S/C14H27N3O2/c1-9(2)7-12(15-4)14(19)16-6-5-11-10(3)8-17-13(11)18/h9-12,15H,5-8H2,1-4H3,(H,16,19)(H,17,18). The fourth-order valence-corrected chi connectivity index (χ4v) is 2.51. The maximum Gasteiger partial charge on any atom is 0.237 e. The number of carbonyl (C=O) groups excluding carboxylic acids is 2. The van der Waals surface area contributed by atoms with E-state index in [1.807, 2.05) is 0 Å². The number of rotatable bonds is 7. The van der Waals surface area contributed by atoms with Crippen molar-refractivity contribution < 1.29 is 9.59 Å². The highest BCUT2D eigenvalue weighted by Crippen LogP contribution is 2.20. The molecular formula is C14H27N3O2. The molecule has 3 unspecified atom stereocenters. The molecule has 0 spiro atoms. The van der Waals surface area contributed by atoms with E-state index in [0.29, 0.717) is 18.4 Å². The first-order valence-corrected chi connectivity index (χ1v) is 7.18. The summed E-state index contributed by atoms with van der Waals surface area (Å²) in [6.07, 6.45) is 1.54. The lowest BCUT2D eigenvalue weighted by Crippen LogP contribution is -2.44. The van der Waals surface area contributed by atoms with E-state index >= 15 is 0 Å². The van der Waals surface area contributed by atoms with E-state index in [2.05, 4.69) is 36.7 Å². The lowest BCUT2D eigenvalue weighted by molar-refractivity contribution is -0.125. The number of nitrogens with one attached hydrogen (secondary N) is 3. The van der Waals surface area contributed by atoms with Crippen LogP contribution >= 0.6 is 0 Å². The van der Waals surface area contributed by atoms with Crippen LogP contribution in [0.4, 0.5) is 0 Å². The van der Waals surface area contributed by atoms with Gasteiger partial charge in [-0.15, -0.1) is 0 Å². The summed E-state index contributed by atoms with van der Waals surface area (Å²) < 4.78 is 0. The third-order valence-corrected chi connectivity index (χ3v) is 3.75. The van der Waals surface area contributed by atoms with Crippen molar-refractivity contribution in [2.45, 2.75) is 39.7 Å². The molecule has 1 aliphatic rings. The van der Waals surface area contributed by atoms with E-state index in [1.54, 1.807) is 7.05 Å². The lowest BCUT2D eigenvalue weighted by Gasteiger charge is -2.19. The van der Waals surface area contributed by atoms with Crippen LogP contribution in [0.3, 0.4) is 0 Å². The number of likely N-dealkylation sites (N-methyl/N-ethyl adjacent to an activating group) is 1. The SMILES string of the molecule is CNC(CC(C)C)C(=O)NCCC1C(=O)NCC1C. The Morgan fingerprint density at radius 1 is 1.47 bits per heavy atom. The Morgan fingerprint density at radius 2 is 2.16 bits per heavy atom. The van der Waals surface area contributed by atoms with Gasteiger partial charge in [0.2, 0.25) is 11.8 Å². The summed E-state index contributed by atoms with van der Waals surface area (Å²) in [5.74, 6) is 1.03. The first-order chi connectivity index (χ1) is 8.95. The van der Waals surface area contributed by atoms with Crippen molar-refractivity contribution in [3.8, 4) is 0 Å². The average molecular weight is 269 g/mol. The molecular weight excluding hydrogens is 242 g/mol. The second-order valence-electron chi connectivity index (χ2n) is 5.88. The predicted molar refractivity (Wildman–Crippen MR) is 75.6 cm³/mol. The van der Waals surface area contributed by atoms with Gasteiger partial charge in [-0.3, -0.25) is 9.59 Å². The van der Waals surface area contributed by atoms with Crippen LogP contribution < -0.4 is 16.0 Å². The maximum atomic E-state index is 12.0. The molecule has 0 bridgehead atoms. The maximum absolute atomic E-state index is 12.0. The van der Waals surface area contributed by atoms with E-state index < -0.39 is 0 Å². The molecule has 0 aromatic carbocycles. The predicted octanol–water partition coefficient (Wildman–Crippen LogP) is 0.509. The molecule has 19 heavy (non-hydrogen) atoms. The third kappa shape index (κ3) is 4.82. The number of hydrogen-bond acceptors (Lipinski definition) is 3. The van der Waals surface area contributed by atoms with Gasteiger partial charge in [-0.1, -0.05) is 20.8 Å². The summed E-state index contributed by atoms with van der Waals surface area (Å²) in [4.78, 5) is 23.5. The zero-order valence-electron chi connectivity index (χ0n) is 12.5. The molecule has 0 aromatic rings. The largest absolute Gasteiger partial charge is 0.356 e. The van der Waals surface area contributed by atoms with E-state index in [-0.39, 0.29) is 23.8 Å². The highest BCUT2D eigenvalue weighted by atomic mass is 16.2. The van der Waals surface area contributed by atoms with Crippen LogP contribution in [-0.4, -0.2) is 38.0 Å². The van der Waals surface area contributed by atoms with Crippen molar-refractivity contribution >= 4 is 11.8 Å². The minimum Gasteiger partial charge on any atom is -0.356 e. The van der Waals surface area contributed by atoms with Crippen LogP contribution in [0.25, 0.3) is 0 Å². The normalized spacial score (nSPS) is 24.4. The molecule has 0 aromatic heterocycles. The van der Waals surface area contributed by atoms with Gasteiger partial charge in [0.1, 0.15) is 0 Å². The molecule has 0 radical (unpaired) electrons. The highest BCUT2D eigenvalue weighted by molar-refractivity contribution is 5.82. The van der Waals surface area contributed by atoms with E-state index in [9.17, 15) is 9.59 Å². The van der Waals surface area contributed by atoms with Gasteiger partial charge in [0.15, 0.2) is 0 Å². The molecule has 0 aliphatic carbocycles. The molecule has 110 valence electrons. The monoisotopic (exact) mass is 269 g/mol.